The standard InChI is InChI=1S/C46H28N6/c1-47-33-23-27-40-38(29-33)36-26-28-41-42(37-19-11-12-20-39(37)51(41)34-17-9-4-10-18-34)43(36)52(40)35-24-21-32(22-25-35)46-49-44(30-13-5-2-6-14-30)48-45(50-46)31-15-7-3-8-16-31/h2-29H. The van der Waals surface area contributed by atoms with E-state index in [1.54, 1.807) is 0 Å². The highest BCUT2D eigenvalue weighted by molar-refractivity contribution is 6.26. The molecule has 0 aliphatic carbocycles. The van der Waals surface area contributed by atoms with Crippen LogP contribution in [0.15, 0.2) is 170 Å². The number of benzene rings is 7. The Morgan fingerprint density at radius 2 is 0.923 bits per heavy atom. The summed E-state index contributed by atoms with van der Waals surface area (Å²) in [5.74, 6) is 1.86. The van der Waals surface area contributed by atoms with Crippen LogP contribution in [-0.4, -0.2) is 24.1 Å². The molecular formula is C46H28N6. The highest BCUT2D eigenvalue weighted by Gasteiger charge is 2.21. The number of rotatable bonds is 5. The maximum absolute atomic E-state index is 7.78. The highest BCUT2D eigenvalue weighted by Crippen LogP contribution is 2.43. The molecule has 0 saturated carbocycles. The van der Waals surface area contributed by atoms with Gasteiger partial charge in [-0.25, -0.2) is 19.8 Å². The quantitative estimate of drug-likeness (QED) is 0.172. The van der Waals surface area contributed by atoms with Crippen molar-refractivity contribution in [3.63, 3.8) is 0 Å². The Bertz CT molecular complexity index is 2930. The van der Waals surface area contributed by atoms with Gasteiger partial charge in [-0.1, -0.05) is 109 Å². The third-order valence-corrected chi connectivity index (χ3v) is 9.77. The SMILES string of the molecule is [C-]#[N+]c1ccc2c(c1)c1ccc3c(c4ccccc4n3-c3ccccc3)c1n2-c1ccc(-c2nc(-c3ccccc3)nc(-c3ccccc3)n2)cc1. The summed E-state index contributed by atoms with van der Waals surface area (Å²) < 4.78 is 4.68. The Labute approximate surface area is 299 Å². The Morgan fingerprint density at radius 3 is 1.56 bits per heavy atom. The molecule has 0 radical (unpaired) electrons. The van der Waals surface area contributed by atoms with Gasteiger partial charge < -0.3 is 9.13 Å². The Kier molecular flexibility index (Phi) is 6.76. The molecule has 3 aromatic heterocycles. The molecule has 52 heavy (non-hydrogen) atoms. The van der Waals surface area contributed by atoms with Crippen LogP contribution in [0, 0.1) is 6.57 Å². The van der Waals surface area contributed by atoms with Crippen LogP contribution < -0.4 is 0 Å². The second kappa shape index (κ2) is 11.9. The third-order valence-electron chi connectivity index (χ3n) is 9.77. The smallest absolute Gasteiger partial charge is 0.188 e. The van der Waals surface area contributed by atoms with Crippen LogP contribution in [0.1, 0.15) is 0 Å². The zero-order chi connectivity index (χ0) is 34.6. The van der Waals surface area contributed by atoms with Gasteiger partial charge in [0.1, 0.15) is 0 Å². The van der Waals surface area contributed by atoms with Crippen molar-refractivity contribution in [2.75, 3.05) is 0 Å². The van der Waals surface area contributed by atoms with Gasteiger partial charge in [0.15, 0.2) is 23.2 Å². The molecule has 0 amide bonds. The summed E-state index contributed by atoms with van der Waals surface area (Å²) in [6.45, 7) is 7.78. The summed E-state index contributed by atoms with van der Waals surface area (Å²) in [7, 11) is 0. The first kappa shape index (κ1) is 29.5. The number of para-hydroxylation sites is 2. The van der Waals surface area contributed by atoms with Gasteiger partial charge in [-0.15, -0.1) is 0 Å². The fourth-order valence-corrected chi connectivity index (χ4v) is 7.44. The first-order chi connectivity index (χ1) is 25.7. The van der Waals surface area contributed by atoms with E-state index in [1.807, 2.05) is 78.9 Å². The van der Waals surface area contributed by atoms with Gasteiger partial charge in [0.2, 0.25) is 0 Å². The van der Waals surface area contributed by atoms with E-state index in [9.17, 15) is 0 Å². The van der Waals surface area contributed by atoms with Crippen LogP contribution in [0.2, 0.25) is 0 Å². The molecule has 0 fully saturated rings. The van der Waals surface area contributed by atoms with E-state index >= 15 is 0 Å². The summed E-state index contributed by atoms with van der Waals surface area (Å²) in [5, 5.41) is 4.48. The average Bonchev–Trinajstić information content (AvgIpc) is 3.74. The van der Waals surface area contributed by atoms with E-state index in [4.69, 9.17) is 21.5 Å². The lowest BCUT2D eigenvalue weighted by atomic mass is 10.1. The minimum absolute atomic E-state index is 0.608. The Hall–Kier alpha value is -7.36. The molecule has 0 unspecified atom stereocenters. The minimum Gasteiger partial charge on any atom is -0.309 e. The van der Waals surface area contributed by atoms with Crippen molar-refractivity contribution in [2.24, 2.45) is 0 Å². The first-order valence-corrected chi connectivity index (χ1v) is 17.2. The summed E-state index contributed by atoms with van der Waals surface area (Å²) in [6.07, 6.45) is 0. The topological polar surface area (TPSA) is 52.9 Å². The maximum atomic E-state index is 7.78. The minimum atomic E-state index is 0.608. The second-order valence-electron chi connectivity index (χ2n) is 12.8. The molecule has 0 atom stereocenters. The Balaban J connectivity index is 1.21. The zero-order valence-electron chi connectivity index (χ0n) is 27.8. The van der Waals surface area contributed by atoms with Gasteiger partial charge in [-0.05, 0) is 66.0 Å². The molecule has 0 aliphatic heterocycles. The summed E-state index contributed by atoms with van der Waals surface area (Å²) in [5.41, 5.74) is 9.89. The molecule has 6 nitrogen and oxygen atoms in total. The van der Waals surface area contributed by atoms with E-state index in [0.29, 0.717) is 23.2 Å². The largest absolute Gasteiger partial charge is 0.309 e. The lowest BCUT2D eigenvalue weighted by Gasteiger charge is -2.12. The van der Waals surface area contributed by atoms with Crippen molar-refractivity contribution in [2.45, 2.75) is 0 Å². The predicted octanol–water partition coefficient (Wildman–Crippen LogP) is 11.6. The third kappa shape index (κ3) is 4.68. The van der Waals surface area contributed by atoms with Gasteiger partial charge in [-0.2, -0.15) is 0 Å². The van der Waals surface area contributed by atoms with Crippen molar-refractivity contribution in [1.82, 2.24) is 24.1 Å². The molecular weight excluding hydrogens is 637 g/mol. The molecule has 0 spiro atoms. The molecule has 242 valence electrons. The molecule has 6 heteroatoms. The molecule has 0 N–H and O–H groups in total. The van der Waals surface area contributed by atoms with Crippen LogP contribution >= 0.6 is 0 Å². The molecule has 10 aromatic rings. The van der Waals surface area contributed by atoms with Gasteiger partial charge >= 0.3 is 0 Å². The van der Waals surface area contributed by atoms with Crippen LogP contribution in [0.5, 0.6) is 0 Å². The monoisotopic (exact) mass is 664 g/mol. The molecule has 0 saturated heterocycles. The summed E-state index contributed by atoms with van der Waals surface area (Å²) in [6, 6.07) is 58.1. The number of nitrogens with zero attached hydrogens (tertiary/aromatic N) is 6. The number of hydrogen-bond donors (Lipinski definition) is 0. The van der Waals surface area contributed by atoms with E-state index in [0.717, 1.165) is 60.9 Å². The van der Waals surface area contributed by atoms with Crippen LogP contribution in [0.3, 0.4) is 0 Å². The first-order valence-electron chi connectivity index (χ1n) is 17.2. The highest BCUT2D eigenvalue weighted by atomic mass is 15.0. The number of fused-ring (bicyclic) bond motifs is 7. The van der Waals surface area contributed by atoms with Crippen molar-refractivity contribution in [3.8, 4) is 45.5 Å². The van der Waals surface area contributed by atoms with Crippen molar-refractivity contribution in [3.05, 3.63) is 181 Å². The molecule has 7 aromatic carbocycles. The normalized spacial score (nSPS) is 11.4. The van der Waals surface area contributed by atoms with E-state index in [2.05, 4.69) is 105 Å². The average molecular weight is 665 g/mol. The fraction of sp³-hybridized carbons (Fsp3) is 0. The number of aromatic nitrogens is 5. The summed E-state index contributed by atoms with van der Waals surface area (Å²) >= 11 is 0. The predicted molar refractivity (Wildman–Crippen MR) is 211 cm³/mol. The van der Waals surface area contributed by atoms with Crippen molar-refractivity contribution in [1.29, 1.82) is 0 Å². The lowest BCUT2D eigenvalue weighted by Crippen LogP contribution is -2.00. The van der Waals surface area contributed by atoms with E-state index < -0.39 is 0 Å². The molecule has 0 bridgehead atoms. The van der Waals surface area contributed by atoms with Gasteiger partial charge in [0, 0.05) is 44.2 Å². The van der Waals surface area contributed by atoms with E-state index in [1.165, 1.54) is 10.8 Å². The van der Waals surface area contributed by atoms with Crippen LogP contribution in [0.25, 0.3) is 94.0 Å². The second-order valence-corrected chi connectivity index (χ2v) is 12.8. The van der Waals surface area contributed by atoms with Crippen LogP contribution in [-0.2, 0) is 0 Å². The zero-order valence-corrected chi connectivity index (χ0v) is 27.8. The van der Waals surface area contributed by atoms with Gasteiger partial charge in [0.25, 0.3) is 0 Å². The van der Waals surface area contributed by atoms with E-state index in [-0.39, 0.29) is 0 Å². The van der Waals surface area contributed by atoms with Crippen LogP contribution in [0.4, 0.5) is 5.69 Å². The summed E-state index contributed by atoms with van der Waals surface area (Å²) in [4.78, 5) is 18.6. The maximum Gasteiger partial charge on any atom is 0.188 e. The molecule has 10 rings (SSSR count). The number of hydrogen-bond acceptors (Lipinski definition) is 3. The lowest BCUT2D eigenvalue weighted by molar-refractivity contribution is 1.07. The van der Waals surface area contributed by atoms with Gasteiger partial charge in [-0.3, -0.25) is 0 Å². The van der Waals surface area contributed by atoms with Gasteiger partial charge in [0.05, 0.1) is 28.6 Å². The van der Waals surface area contributed by atoms with Crippen molar-refractivity contribution < 1.29 is 0 Å². The van der Waals surface area contributed by atoms with Crippen molar-refractivity contribution >= 4 is 49.3 Å². The molecule has 0 aliphatic rings. The molecule has 3 heterocycles. The fourth-order valence-electron chi connectivity index (χ4n) is 7.44. The Morgan fingerprint density at radius 1 is 0.404 bits per heavy atom.